The predicted molar refractivity (Wildman–Crippen MR) is 29.5 cm³/mol. The Labute approximate surface area is 42.8 Å². The fourth-order valence-electron chi connectivity index (χ4n) is 0.428. The molecule has 34 valence electrons. The van der Waals surface area contributed by atoms with Crippen molar-refractivity contribution < 1.29 is 5.11 Å². The maximum atomic E-state index is 8.63. The van der Waals surface area contributed by atoms with Crippen molar-refractivity contribution in [3.05, 3.63) is 24.2 Å². The molecule has 0 aliphatic rings. The van der Waals surface area contributed by atoms with Gasteiger partial charge in [0.15, 0.2) is 0 Å². The minimum atomic E-state index is 0.322. The number of hydrogen-bond donors (Lipinski definition) is 1. The van der Waals surface area contributed by atoms with Gasteiger partial charge in [-0.2, -0.15) is 0 Å². The predicted octanol–water partition coefficient (Wildman–Crippen LogP) is 0.730. The second kappa shape index (κ2) is 1.78. The summed E-state index contributed by atoms with van der Waals surface area (Å²) in [6, 6.07) is 5.29. The fourth-order valence-corrected chi connectivity index (χ4v) is 0.428. The molecule has 0 bridgehead atoms. The summed E-state index contributed by atoms with van der Waals surface area (Å²) in [5, 5.41) is 8.63. The molecule has 0 fully saturated rings. The van der Waals surface area contributed by atoms with Gasteiger partial charge in [-0.3, -0.25) is 0 Å². The summed E-state index contributed by atoms with van der Waals surface area (Å²) in [7, 11) is 0. The molecule has 0 aliphatic heterocycles. The Hall–Kier alpha value is -0.785. The molecular formula is C5H5BO. The zero-order valence-corrected chi connectivity index (χ0v) is 3.83. The van der Waals surface area contributed by atoms with Crippen molar-refractivity contribution in [2.24, 2.45) is 0 Å². The van der Waals surface area contributed by atoms with E-state index in [-0.39, 0.29) is 0 Å². The maximum absolute atomic E-state index is 8.63. The van der Waals surface area contributed by atoms with E-state index in [1.165, 1.54) is 0 Å². The van der Waals surface area contributed by atoms with Gasteiger partial charge >= 0.3 is 41.8 Å². The Bertz CT molecular complexity index is 138. The fraction of sp³-hybridized carbons (Fsp3) is 0. The van der Waals surface area contributed by atoms with Gasteiger partial charge in [0.25, 0.3) is 0 Å². The summed E-state index contributed by atoms with van der Waals surface area (Å²) in [4.78, 5) is 0. The SMILES string of the molecule is Oc1bcccc1. The molecule has 0 spiro atoms. The van der Waals surface area contributed by atoms with Crippen LogP contribution in [-0.2, 0) is 0 Å². The zero-order valence-electron chi connectivity index (χ0n) is 3.83. The molecule has 2 heteroatoms. The summed E-state index contributed by atoms with van der Waals surface area (Å²) in [6.07, 6.45) is 0. The molecule has 0 radical (unpaired) electrons. The molecule has 0 aliphatic carbocycles. The summed E-state index contributed by atoms with van der Waals surface area (Å²) in [6.45, 7) is 1.64. The van der Waals surface area contributed by atoms with Gasteiger partial charge in [0.2, 0.25) is 0 Å². The summed E-state index contributed by atoms with van der Waals surface area (Å²) < 4.78 is 0. The monoisotopic (exact) mass is 92.0 g/mol. The zero-order chi connectivity index (χ0) is 5.11. The second-order valence-electron chi connectivity index (χ2n) is 1.34. The molecule has 0 unspecified atom stereocenters. The van der Waals surface area contributed by atoms with Gasteiger partial charge in [-0.1, -0.05) is 0 Å². The van der Waals surface area contributed by atoms with Crippen molar-refractivity contribution in [3.8, 4) is 5.64 Å². The van der Waals surface area contributed by atoms with E-state index in [0.29, 0.717) is 5.64 Å². The van der Waals surface area contributed by atoms with E-state index in [1.54, 1.807) is 25.0 Å². The van der Waals surface area contributed by atoms with Gasteiger partial charge in [-0.15, -0.1) is 0 Å². The van der Waals surface area contributed by atoms with Crippen LogP contribution in [0.5, 0.6) is 5.64 Å². The third-order valence-corrected chi connectivity index (χ3v) is 0.756. The van der Waals surface area contributed by atoms with Crippen molar-refractivity contribution in [2.45, 2.75) is 0 Å². The Morgan fingerprint density at radius 2 is 2.29 bits per heavy atom. The molecule has 1 heterocycles. The summed E-state index contributed by atoms with van der Waals surface area (Å²) >= 11 is 0. The molecule has 0 saturated heterocycles. The van der Waals surface area contributed by atoms with Crippen LogP contribution in [0.4, 0.5) is 0 Å². The van der Waals surface area contributed by atoms with E-state index in [2.05, 4.69) is 0 Å². The van der Waals surface area contributed by atoms with Crippen LogP contribution in [0.25, 0.3) is 0 Å². The Balaban J connectivity index is 3.02. The van der Waals surface area contributed by atoms with Crippen LogP contribution in [0, 0.1) is 0 Å². The first-order chi connectivity index (χ1) is 3.39. The normalized spacial score (nSPS) is 8.00. The second-order valence-corrected chi connectivity index (χ2v) is 1.34. The van der Waals surface area contributed by atoms with Crippen LogP contribution in [0.3, 0.4) is 0 Å². The van der Waals surface area contributed by atoms with E-state index in [9.17, 15) is 0 Å². The molecule has 0 amide bonds. The average Bonchev–Trinajstić information content (AvgIpc) is 1.69. The molecule has 0 atom stereocenters. The van der Waals surface area contributed by atoms with Gasteiger partial charge < -0.3 is 0 Å². The summed E-state index contributed by atoms with van der Waals surface area (Å²) in [5.74, 6) is 1.79. The third kappa shape index (κ3) is 1.04. The van der Waals surface area contributed by atoms with Crippen LogP contribution in [-0.4, -0.2) is 12.0 Å². The number of rotatable bonds is 0. The number of hydrogen-bond acceptors (Lipinski definition) is 1. The molecule has 1 nitrogen and oxygen atoms in total. The van der Waals surface area contributed by atoms with E-state index in [1.807, 2.05) is 6.07 Å². The third-order valence-electron chi connectivity index (χ3n) is 0.756. The Morgan fingerprint density at radius 1 is 1.43 bits per heavy atom. The summed E-state index contributed by atoms with van der Waals surface area (Å²) in [5.41, 5.74) is 0.322. The molecule has 1 N–H and O–H groups in total. The Morgan fingerprint density at radius 3 is 2.57 bits per heavy atom. The quantitative estimate of drug-likeness (QED) is 0.500. The molecule has 0 aromatic carbocycles. The molecule has 7 heavy (non-hydrogen) atoms. The van der Waals surface area contributed by atoms with Crippen molar-refractivity contribution in [1.29, 1.82) is 0 Å². The van der Waals surface area contributed by atoms with E-state index >= 15 is 0 Å². The van der Waals surface area contributed by atoms with E-state index in [0.717, 1.165) is 0 Å². The van der Waals surface area contributed by atoms with Crippen molar-refractivity contribution >= 4 is 6.91 Å². The molecule has 1 aromatic rings. The average molecular weight is 91.9 g/mol. The van der Waals surface area contributed by atoms with Crippen molar-refractivity contribution in [3.63, 3.8) is 0 Å². The van der Waals surface area contributed by atoms with Crippen LogP contribution in [0.1, 0.15) is 0 Å². The number of aromatic hydroxyl groups is 1. The van der Waals surface area contributed by atoms with E-state index < -0.39 is 0 Å². The van der Waals surface area contributed by atoms with Gasteiger partial charge in [-0.05, 0) is 0 Å². The molecule has 1 aromatic heterocycles. The standard InChI is InChI=1S/C5H5BO/c7-5-3-1-2-4-6-5/h1-4,7H. The van der Waals surface area contributed by atoms with Crippen molar-refractivity contribution in [1.82, 2.24) is 0 Å². The topological polar surface area (TPSA) is 20.2 Å². The molecule has 1 rings (SSSR count). The van der Waals surface area contributed by atoms with Crippen LogP contribution in [0.2, 0.25) is 0 Å². The first kappa shape index (κ1) is 4.38. The van der Waals surface area contributed by atoms with E-state index in [4.69, 9.17) is 5.11 Å². The van der Waals surface area contributed by atoms with Crippen LogP contribution < -0.4 is 0 Å². The van der Waals surface area contributed by atoms with Gasteiger partial charge in [0.05, 0.1) is 0 Å². The van der Waals surface area contributed by atoms with Gasteiger partial charge in [0.1, 0.15) is 0 Å². The first-order valence-corrected chi connectivity index (χ1v) is 2.13. The van der Waals surface area contributed by atoms with Crippen LogP contribution >= 0.6 is 0 Å². The van der Waals surface area contributed by atoms with Gasteiger partial charge in [-0.25, -0.2) is 0 Å². The van der Waals surface area contributed by atoms with Crippen LogP contribution in [0.15, 0.2) is 24.2 Å². The Kier molecular flexibility index (Phi) is 1.11. The van der Waals surface area contributed by atoms with Crippen molar-refractivity contribution in [2.75, 3.05) is 0 Å². The molecule has 0 saturated carbocycles. The molecular weight excluding hydrogens is 86.9 g/mol. The minimum absolute atomic E-state index is 0.322. The van der Waals surface area contributed by atoms with Gasteiger partial charge in [0, 0.05) is 0 Å². The first-order valence-electron chi connectivity index (χ1n) is 2.13.